The van der Waals surface area contributed by atoms with Crippen molar-refractivity contribution in [2.75, 3.05) is 13.2 Å². The molecule has 0 amide bonds. The maximum Gasteiger partial charge on any atom is 0.0543 e. The van der Waals surface area contributed by atoms with Gasteiger partial charge in [-0.05, 0) is 33.6 Å². The van der Waals surface area contributed by atoms with Gasteiger partial charge in [0.2, 0.25) is 0 Å². The molecule has 0 bridgehead atoms. The second-order valence-electron chi connectivity index (χ2n) is 6.43. The molecule has 0 aromatic carbocycles. The Balaban J connectivity index is 2.51. The molecule has 0 aliphatic carbocycles. The van der Waals surface area contributed by atoms with Crippen LogP contribution in [-0.2, 0) is 12.1 Å². The van der Waals surface area contributed by atoms with E-state index in [1.54, 1.807) is 0 Å². The molecule has 2 N–H and O–H groups in total. The lowest BCUT2D eigenvalue weighted by molar-refractivity contribution is 0.113. The van der Waals surface area contributed by atoms with Gasteiger partial charge in [0.15, 0.2) is 0 Å². The van der Waals surface area contributed by atoms with Crippen molar-refractivity contribution in [1.29, 1.82) is 0 Å². The van der Waals surface area contributed by atoms with Crippen LogP contribution in [0, 0.1) is 5.41 Å². The zero-order valence-corrected chi connectivity index (χ0v) is 13.0. The molecular formula is C15H29N3O. The van der Waals surface area contributed by atoms with Crippen molar-refractivity contribution in [2.45, 2.75) is 59.5 Å². The monoisotopic (exact) mass is 267 g/mol. The number of aliphatic hydroxyl groups is 1. The molecule has 1 aromatic rings. The highest BCUT2D eigenvalue weighted by Gasteiger charge is 2.24. The summed E-state index contributed by atoms with van der Waals surface area (Å²) in [6.45, 7) is 12.6. The molecule has 110 valence electrons. The first kappa shape index (κ1) is 16.2. The number of hydrogen-bond donors (Lipinski definition) is 2. The molecule has 0 saturated carbocycles. The smallest absolute Gasteiger partial charge is 0.0543 e. The van der Waals surface area contributed by atoms with E-state index in [-0.39, 0.29) is 17.6 Å². The fraction of sp³-hybridized carbons (Fsp3) is 0.800. The number of aromatic nitrogens is 2. The van der Waals surface area contributed by atoms with Crippen LogP contribution in [0.15, 0.2) is 12.4 Å². The van der Waals surface area contributed by atoms with Gasteiger partial charge in [0.1, 0.15) is 0 Å². The van der Waals surface area contributed by atoms with E-state index in [1.807, 2.05) is 10.9 Å². The van der Waals surface area contributed by atoms with E-state index in [0.29, 0.717) is 0 Å². The van der Waals surface area contributed by atoms with E-state index in [0.717, 1.165) is 25.9 Å². The van der Waals surface area contributed by atoms with Gasteiger partial charge in [-0.3, -0.25) is 4.68 Å². The molecule has 0 unspecified atom stereocenters. The summed E-state index contributed by atoms with van der Waals surface area (Å²) < 4.78 is 1.99. The van der Waals surface area contributed by atoms with E-state index in [9.17, 15) is 5.11 Å². The van der Waals surface area contributed by atoms with Gasteiger partial charge in [-0.2, -0.15) is 5.10 Å². The topological polar surface area (TPSA) is 50.1 Å². The molecule has 0 aliphatic heterocycles. The molecule has 1 rings (SSSR count). The van der Waals surface area contributed by atoms with Crippen molar-refractivity contribution in [1.82, 2.24) is 15.1 Å². The van der Waals surface area contributed by atoms with Crippen molar-refractivity contribution in [3.05, 3.63) is 18.0 Å². The zero-order valence-electron chi connectivity index (χ0n) is 13.0. The molecule has 4 nitrogen and oxygen atoms in total. The third kappa shape index (κ3) is 4.32. The van der Waals surface area contributed by atoms with Crippen LogP contribution in [0.4, 0.5) is 0 Å². The summed E-state index contributed by atoms with van der Waals surface area (Å²) in [7, 11) is 0. The highest BCUT2D eigenvalue weighted by molar-refractivity contribution is 5.05. The van der Waals surface area contributed by atoms with Crippen molar-refractivity contribution >= 4 is 0 Å². The molecule has 0 fully saturated rings. The quantitative estimate of drug-likeness (QED) is 0.798. The Hall–Kier alpha value is -0.870. The Labute approximate surface area is 117 Å². The van der Waals surface area contributed by atoms with Crippen LogP contribution in [0.2, 0.25) is 0 Å². The van der Waals surface area contributed by atoms with Crippen LogP contribution in [0.25, 0.3) is 0 Å². The average molecular weight is 267 g/mol. The minimum Gasteiger partial charge on any atom is -0.396 e. The molecule has 1 heterocycles. The standard InChI is InChI=1S/C15H29N3O/c1-6-15(7-2,12-19)11-16-8-13-9-17-18(10-13)14(3,4)5/h9-10,16,19H,6-8,11-12H2,1-5H3. The molecule has 4 heteroatoms. The summed E-state index contributed by atoms with van der Waals surface area (Å²) in [4.78, 5) is 0. The molecule has 0 radical (unpaired) electrons. The summed E-state index contributed by atoms with van der Waals surface area (Å²) in [6, 6.07) is 0. The lowest BCUT2D eigenvalue weighted by Crippen LogP contribution is -2.36. The largest absolute Gasteiger partial charge is 0.396 e. The minimum atomic E-state index is 0.0139. The highest BCUT2D eigenvalue weighted by Crippen LogP contribution is 2.24. The van der Waals surface area contributed by atoms with Gasteiger partial charge in [-0.15, -0.1) is 0 Å². The van der Waals surface area contributed by atoms with E-state index in [4.69, 9.17) is 0 Å². The van der Waals surface area contributed by atoms with Gasteiger partial charge in [-0.1, -0.05) is 13.8 Å². The molecule has 1 aromatic heterocycles. The minimum absolute atomic E-state index is 0.0139. The normalized spacial score (nSPS) is 12.9. The summed E-state index contributed by atoms with van der Waals surface area (Å²) in [5.74, 6) is 0. The van der Waals surface area contributed by atoms with E-state index >= 15 is 0 Å². The fourth-order valence-electron chi connectivity index (χ4n) is 2.07. The van der Waals surface area contributed by atoms with Crippen LogP contribution in [-0.4, -0.2) is 28.0 Å². The Morgan fingerprint density at radius 3 is 2.32 bits per heavy atom. The van der Waals surface area contributed by atoms with Gasteiger partial charge in [-0.25, -0.2) is 0 Å². The molecule has 0 aliphatic rings. The van der Waals surface area contributed by atoms with Crippen LogP contribution < -0.4 is 5.32 Å². The van der Waals surface area contributed by atoms with Crippen molar-refractivity contribution in [3.8, 4) is 0 Å². The third-order valence-corrected chi connectivity index (χ3v) is 3.99. The Bertz CT molecular complexity index is 367. The summed E-state index contributed by atoms with van der Waals surface area (Å²) in [6.07, 6.45) is 5.99. The van der Waals surface area contributed by atoms with Crippen LogP contribution >= 0.6 is 0 Å². The first-order chi connectivity index (χ1) is 8.87. The fourth-order valence-corrected chi connectivity index (χ4v) is 2.07. The van der Waals surface area contributed by atoms with Crippen molar-refractivity contribution in [2.24, 2.45) is 5.41 Å². The van der Waals surface area contributed by atoms with E-state index in [2.05, 4.69) is 51.2 Å². The van der Waals surface area contributed by atoms with E-state index in [1.165, 1.54) is 5.56 Å². The van der Waals surface area contributed by atoms with Gasteiger partial charge in [0, 0.05) is 36.9 Å². The van der Waals surface area contributed by atoms with Crippen LogP contribution in [0.5, 0.6) is 0 Å². The second kappa shape index (κ2) is 6.53. The number of rotatable bonds is 7. The lowest BCUT2D eigenvalue weighted by atomic mass is 9.83. The van der Waals surface area contributed by atoms with Gasteiger partial charge in [0.05, 0.1) is 11.7 Å². The van der Waals surface area contributed by atoms with Crippen molar-refractivity contribution < 1.29 is 5.11 Å². The predicted molar refractivity (Wildman–Crippen MR) is 79.0 cm³/mol. The maximum absolute atomic E-state index is 9.53. The SMILES string of the molecule is CCC(CC)(CO)CNCc1cnn(C(C)(C)C)c1. The zero-order chi connectivity index (χ0) is 14.5. The molecular weight excluding hydrogens is 238 g/mol. The highest BCUT2D eigenvalue weighted by atomic mass is 16.3. The van der Waals surface area contributed by atoms with Crippen LogP contribution in [0.3, 0.4) is 0 Å². The van der Waals surface area contributed by atoms with Crippen LogP contribution in [0.1, 0.15) is 53.0 Å². The average Bonchev–Trinajstić information content (AvgIpc) is 2.84. The van der Waals surface area contributed by atoms with Gasteiger partial charge in [0.25, 0.3) is 0 Å². The molecule has 0 atom stereocenters. The summed E-state index contributed by atoms with van der Waals surface area (Å²) >= 11 is 0. The number of aliphatic hydroxyl groups excluding tert-OH is 1. The van der Waals surface area contributed by atoms with Gasteiger partial charge < -0.3 is 10.4 Å². The Kier molecular flexibility index (Phi) is 5.56. The molecule has 0 spiro atoms. The van der Waals surface area contributed by atoms with Gasteiger partial charge >= 0.3 is 0 Å². The van der Waals surface area contributed by atoms with Crippen molar-refractivity contribution in [3.63, 3.8) is 0 Å². The first-order valence-corrected chi connectivity index (χ1v) is 7.22. The predicted octanol–water partition coefficient (Wildman–Crippen LogP) is 2.53. The maximum atomic E-state index is 9.53. The van der Waals surface area contributed by atoms with E-state index < -0.39 is 0 Å². The number of hydrogen-bond acceptors (Lipinski definition) is 3. The Morgan fingerprint density at radius 2 is 1.89 bits per heavy atom. The second-order valence-corrected chi connectivity index (χ2v) is 6.43. The molecule has 0 saturated heterocycles. The first-order valence-electron chi connectivity index (χ1n) is 7.22. The number of nitrogens with one attached hydrogen (secondary N) is 1. The third-order valence-electron chi connectivity index (χ3n) is 3.99. The Morgan fingerprint density at radius 1 is 1.26 bits per heavy atom. The molecule has 19 heavy (non-hydrogen) atoms. The number of nitrogens with zero attached hydrogens (tertiary/aromatic N) is 2. The summed E-state index contributed by atoms with van der Waals surface area (Å²) in [5, 5.41) is 17.4. The lowest BCUT2D eigenvalue weighted by Gasteiger charge is -2.29. The summed E-state index contributed by atoms with van der Waals surface area (Å²) in [5.41, 5.74) is 1.23.